The first-order valence-electron chi connectivity index (χ1n) is 6.89. The molecule has 0 amide bonds. The molecule has 1 aliphatic heterocycles. The number of benzene rings is 2. The second-order valence-corrected chi connectivity index (χ2v) is 9.90. The van der Waals surface area contributed by atoms with Crippen LogP contribution < -0.4 is 0 Å². The van der Waals surface area contributed by atoms with Crippen LogP contribution in [-0.2, 0) is 4.43 Å². The molecule has 0 saturated carbocycles. The van der Waals surface area contributed by atoms with Crippen molar-refractivity contribution in [1.29, 1.82) is 0 Å². The summed E-state index contributed by atoms with van der Waals surface area (Å²) >= 11 is 0. The van der Waals surface area contributed by atoms with Gasteiger partial charge in [0.15, 0.2) is 8.32 Å². The number of fused-ring (bicyclic) bond motifs is 1. The van der Waals surface area contributed by atoms with Crippen molar-refractivity contribution in [3.63, 3.8) is 0 Å². The zero-order valence-electron chi connectivity index (χ0n) is 11.7. The number of phenolic OH excluding ortho intramolecular Hbond substituents is 1. The molecule has 3 heteroatoms. The number of rotatable bonds is 0. The van der Waals surface area contributed by atoms with Crippen LogP contribution in [0.1, 0.15) is 12.8 Å². The molecule has 2 aromatic carbocycles. The third-order valence-electron chi connectivity index (χ3n) is 3.40. The van der Waals surface area contributed by atoms with Gasteiger partial charge >= 0.3 is 0 Å². The van der Waals surface area contributed by atoms with Gasteiger partial charge in [0.05, 0.1) is 0 Å². The molecule has 0 radical (unpaired) electrons. The van der Waals surface area contributed by atoms with Crippen molar-refractivity contribution in [3.05, 3.63) is 42.5 Å². The molecule has 0 aromatic heterocycles. The van der Waals surface area contributed by atoms with E-state index < -0.39 is 8.32 Å². The van der Waals surface area contributed by atoms with Crippen LogP contribution in [0.5, 0.6) is 5.75 Å². The van der Waals surface area contributed by atoms with Crippen LogP contribution in [0.15, 0.2) is 42.5 Å². The van der Waals surface area contributed by atoms with E-state index in [2.05, 4.69) is 13.1 Å². The van der Waals surface area contributed by atoms with Gasteiger partial charge in [-0.3, -0.25) is 0 Å². The lowest BCUT2D eigenvalue weighted by atomic mass is 10.1. The van der Waals surface area contributed by atoms with Crippen molar-refractivity contribution < 1.29 is 9.53 Å². The molecule has 19 heavy (non-hydrogen) atoms. The smallest absolute Gasteiger partial charge is 0.186 e. The van der Waals surface area contributed by atoms with Gasteiger partial charge < -0.3 is 9.53 Å². The lowest BCUT2D eigenvalue weighted by Crippen LogP contribution is -2.33. The molecule has 2 aromatic rings. The predicted octanol–water partition coefficient (Wildman–Crippen LogP) is 4.55. The fraction of sp³-hybridized carbons (Fsp3) is 0.375. The van der Waals surface area contributed by atoms with E-state index in [1.54, 1.807) is 12.1 Å². The fourth-order valence-electron chi connectivity index (χ4n) is 2.25. The highest BCUT2D eigenvalue weighted by atomic mass is 28.4. The Hall–Kier alpha value is -1.32. The topological polar surface area (TPSA) is 29.5 Å². The Bertz CT molecular complexity index is 529. The molecule has 0 aliphatic carbocycles. The molecule has 0 unspecified atom stereocenters. The minimum atomic E-state index is -1.09. The molecular weight excluding hydrogens is 252 g/mol. The predicted molar refractivity (Wildman–Crippen MR) is 83.1 cm³/mol. The quantitative estimate of drug-likeness (QED) is 0.714. The average Bonchev–Trinajstić information content (AvgIpc) is 2.39. The normalized spacial score (nSPS) is 17.6. The van der Waals surface area contributed by atoms with Crippen molar-refractivity contribution in [3.8, 4) is 5.75 Å². The summed E-state index contributed by atoms with van der Waals surface area (Å²) in [5.41, 5.74) is 0. The molecule has 102 valence electrons. The zero-order valence-corrected chi connectivity index (χ0v) is 12.7. The molecule has 1 heterocycles. The van der Waals surface area contributed by atoms with Gasteiger partial charge in [-0.1, -0.05) is 36.8 Å². The van der Waals surface area contributed by atoms with Crippen LogP contribution in [0.2, 0.25) is 19.1 Å². The second-order valence-electron chi connectivity index (χ2n) is 5.60. The summed E-state index contributed by atoms with van der Waals surface area (Å²) in [7, 11) is -1.09. The van der Waals surface area contributed by atoms with Gasteiger partial charge in [0.2, 0.25) is 0 Å². The SMILES string of the molecule is C[Si]1(C)CCCCO1.Oc1ccc2ccccc2c1. The van der Waals surface area contributed by atoms with Crippen LogP contribution in [-0.4, -0.2) is 20.0 Å². The molecule has 1 aliphatic rings. The van der Waals surface area contributed by atoms with Gasteiger partial charge in [0.25, 0.3) is 0 Å². The van der Waals surface area contributed by atoms with E-state index >= 15 is 0 Å². The summed E-state index contributed by atoms with van der Waals surface area (Å²) < 4.78 is 5.60. The van der Waals surface area contributed by atoms with Gasteiger partial charge in [-0.25, -0.2) is 0 Å². The van der Waals surface area contributed by atoms with Gasteiger partial charge in [0.1, 0.15) is 5.75 Å². The van der Waals surface area contributed by atoms with Gasteiger partial charge in [-0.2, -0.15) is 0 Å². The van der Waals surface area contributed by atoms with Crippen LogP contribution in [0.25, 0.3) is 10.8 Å². The Morgan fingerprint density at radius 2 is 1.74 bits per heavy atom. The number of phenols is 1. The monoisotopic (exact) mass is 274 g/mol. The van der Waals surface area contributed by atoms with Crippen molar-refractivity contribution in [2.75, 3.05) is 6.61 Å². The minimum absolute atomic E-state index is 0.323. The summed E-state index contributed by atoms with van der Waals surface area (Å²) in [4.78, 5) is 0. The maximum atomic E-state index is 9.13. The largest absolute Gasteiger partial charge is 0.508 e. The van der Waals surface area contributed by atoms with E-state index in [0.29, 0.717) is 5.75 Å². The zero-order chi connectivity index (χ0) is 13.7. The molecule has 1 saturated heterocycles. The standard InChI is InChI=1S/C10H8O.C6H14OSi/c11-10-6-5-8-3-1-2-4-9(8)7-10;1-8(2)6-4-3-5-7-8/h1-7,11H;3-6H2,1-2H3. The third kappa shape index (κ3) is 4.37. The molecular formula is C16H22O2Si. The summed E-state index contributed by atoms with van der Waals surface area (Å²) in [6.45, 7) is 5.62. The van der Waals surface area contributed by atoms with Gasteiger partial charge in [0, 0.05) is 6.61 Å². The third-order valence-corrected chi connectivity index (χ3v) is 5.94. The maximum absolute atomic E-state index is 9.13. The van der Waals surface area contributed by atoms with E-state index in [0.717, 1.165) is 17.4 Å². The number of aromatic hydroxyl groups is 1. The van der Waals surface area contributed by atoms with Crippen LogP contribution in [0.3, 0.4) is 0 Å². The van der Waals surface area contributed by atoms with E-state index in [1.165, 1.54) is 18.9 Å². The Labute approximate surface area is 116 Å². The van der Waals surface area contributed by atoms with Gasteiger partial charge in [-0.05, 0) is 48.5 Å². The molecule has 0 atom stereocenters. The highest BCUT2D eigenvalue weighted by Crippen LogP contribution is 2.20. The van der Waals surface area contributed by atoms with Gasteiger partial charge in [-0.15, -0.1) is 0 Å². The molecule has 1 fully saturated rings. The summed E-state index contributed by atoms with van der Waals surface area (Å²) in [5, 5.41) is 11.4. The first-order valence-corrected chi connectivity index (χ1v) is 10.0. The lowest BCUT2D eigenvalue weighted by Gasteiger charge is -2.27. The Kier molecular flexibility index (Phi) is 4.61. The van der Waals surface area contributed by atoms with E-state index in [4.69, 9.17) is 9.53 Å². The van der Waals surface area contributed by atoms with Crippen LogP contribution in [0.4, 0.5) is 0 Å². The molecule has 0 bridgehead atoms. The van der Waals surface area contributed by atoms with Crippen molar-refractivity contribution in [2.24, 2.45) is 0 Å². The van der Waals surface area contributed by atoms with Crippen LogP contribution in [0, 0.1) is 0 Å². The molecule has 2 nitrogen and oxygen atoms in total. The summed E-state index contributed by atoms with van der Waals surface area (Å²) in [5.74, 6) is 0.323. The van der Waals surface area contributed by atoms with E-state index in [9.17, 15) is 0 Å². The van der Waals surface area contributed by atoms with Crippen LogP contribution >= 0.6 is 0 Å². The van der Waals surface area contributed by atoms with E-state index in [-0.39, 0.29) is 0 Å². The number of hydrogen-bond donors (Lipinski definition) is 1. The van der Waals surface area contributed by atoms with Crippen molar-refractivity contribution in [1.82, 2.24) is 0 Å². The Morgan fingerprint density at radius 3 is 2.32 bits per heavy atom. The highest BCUT2D eigenvalue weighted by molar-refractivity contribution is 6.71. The van der Waals surface area contributed by atoms with E-state index in [1.807, 2.05) is 30.3 Å². The molecule has 3 rings (SSSR count). The summed E-state index contributed by atoms with van der Waals surface area (Å²) in [6.07, 6.45) is 2.69. The Morgan fingerprint density at radius 1 is 1.00 bits per heavy atom. The second kappa shape index (κ2) is 6.22. The first-order chi connectivity index (χ1) is 9.07. The number of hydrogen-bond acceptors (Lipinski definition) is 2. The average molecular weight is 274 g/mol. The van der Waals surface area contributed by atoms with Crippen molar-refractivity contribution >= 4 is 19.1 Å². The minimum Gasteiger partial charge on any atom is -0.508 e. The first kappa shape index (κ1) is 14.1. The highest BCUT2D eigenvalue weighted by Gasteiger charge is 2.24. The molecule has 0 spiro atoms. The lowest BCUT2D eigenvalue weighted by molar-refractivity contribution is 0.275. The van der Waals surface area contributed by atoms with Crippen molar-refractivity contribution in [2.45, 2.75) is 32.0 Å². The maximum Gasteiger partial charge on any atom is 0.186 e. The summed E-state index contributed by atoms with van der Waals surface area (Å²) in [6, 6.07) is 14.7. The molecule has 1 N–H and O–H groups in total. The fourth-order valence-corrected chi connectivity index (χ4v) is 4.19. The Balaban J connectivity index is 0.000000148.